The molecule has 8 heteroatoms. The van der Waals surface area contributed by atoms with E-state index in [0.29, 0.717) is 34.3 Å². The van der Waals surface area contributed by atoms with Crippen LogP contribution in [-0.2, 0) is 0 Å². The molecule has 1 aromatic heterocycles. The number of fused-ring (bicyclic) bond motifs is 1. The average molecular weight is 417 g/mol. The van der Waals surface area contributed by atoms with E-state index in [1.165, 1.54) is 18.6 Å². The molecule has 0 radical (unpaired) electrons. The molecule has 1 unspecified atom stereocenters. The third-order valence-corrected chi connectivity index (χ3v) is 5.92. The van der Waals surface area contributed by atoms with Gasteiger partial charge in [0.1, 0.15) is 17.4 Å². The maximum Gasteiger partial charge on any atom is 0.255 e. The van der Waals surface area contributed by atoms with Crippen molar-refractivity contribution in [3.63, 3.8) is 0 Å². The number of nitrogens with one attached hydrogen (secondary N) is 1. The van der Waals surface area contributed by atoms with Crippen molar-refractivity contribution in [2.45, 2.75) is 25.9 Å². The highest BCUT2D eigenvalue weighted by Crippen LogP contribution is 2.35. The highest BCUT2D eigenvalue weighted by molar-refractivity contribution is 7.13. The van der Waals surface area contributed by atoms with Gasteiger partial charge in [0.05, 0.1) is 22.9 Å². The fourth-order valence-corrected chi connectivity index (χ4v) is 4.63. The van der Waals surface area contributed by atoms with Crippen LogP contribution in [0.2, 0.25) is 0 Å². The molecule has 3 aromatic rings. The minimum absolute atomic E-state index is 0.0992. The van der Waals surface area contributed by atoms with Crippen molar-refractivity contribution >= 4 is 27.5 Å². The van der Waals surface area contributed by atoms with Gasteiger partial charge in [0.15, 0.2) is 0 Å². The minimum Gasteiger partial charge on any atom is -0.497 e. The van der Waals surface area contributed by atoms with Crippen molar-refractivity contribution in [2.75, 3.05) is 20.2 Å². The predicted molar refractivity (Wildman–Crippen MR) is 109 cm³/mol. The Kier molecular flexibility index (Phi) is 5.23. The van der Waals surface area contributed by atoms with Crippen LogP contribution in [0.5, 0.6) is 5.75 Å². The standard InChI is InChI=1S/C21H21F2N3O2S/c1-11-9-26(10-12(2)25-11)21(27)16-5-13(4-14-8-24-29-20(14)16)19-17(22)6-15(28-3)7-18(19)23/h4-8,11-12,25H,9-10H2,1-3H3/t11-,12?/m0/s1. The summed E-state index contributed by atoms with van der Waals surface area (Å²) in [7, 11) is 1.35. The van der Waals surface area contributed by atoms with Crippen molar-refractivity contribution in [3.8, 4) is 16.9 Å². The van der Waals surface area contributed by atoms with E-state index < -0.39 is 11.6 Å². The first-order chi connectivity index (χ1) is 13.9. The quantitative estimate of drug-likeness (QED) is 0.698. The molecule has 1 aliphatic rings. The molecular weight excluding hydrogens is 396 g/mol. The Balaban J connectivity index is 1.82. The highest BCUT2D eigenvalue weighted by Gasteiger charge is 2.28. The molecule has 29 heavy (non-hydrogen) atoms. The molecule has 0 saturated carbocycles. The number of amides is 1. The number of hydrogen-bond acceptors (Lipinski definition) is 5. The molecule has 1 N–H and O–H groups in total. The molecule has 2 heterocycles. The summed E-state index contributed by atoms with van der Waals surface area (Å²) in [6.45, 7) is 5.19. The summed E-state index contributed by atoms with van der Waals surface area (Å²) in [4.78, 5) is 15.1. The van der Waals surface area contributed by atoms with E-state index in [1.807, 2.05) is 13.8 Å². The van der Waals surface area contributed by atoms with Gasteiger partial charge < -0.3 is 15.0 Å². The molecule has 1 saturated heterocycles. The molecule has 1 fully saturated rings. The van der Waals surface area contributed by atoms with Crippen LogP contribution in [0.4, 0.5) is 8.78 Å². The van der Waals surface area contributed by atoms with E-state index >= 15 is 0 Å². The van der Waals surface area contributed by atoms with Crippen molar-refractivity contribution in [3.05, 3.63) is 47.7 Å². The third-order valence-electron chi connectivity index (χ3n) is 5.07. The second-order valence-corrected chi connectivity index (χ2v) is 8.21. The summed E-state index contributed by atoms with van der Waals surface area (Å²) in [5, 5.41) is 4.08. The van der Waals surface area contributed by atoms with Crippen molar-refractivity contribution < 1.29 is 18.3 Å². The number of benzene rings is 2. The van der Waals surface area contributed by atoms with Crippen LogP contribution in [0, 0.1) is 11.6 Å². The Labute approximate surface area is 171 Å². The van der Waals surface area contributed by atoms with Crippen LogP contribution in [0.15, 0.2) is 30.5 Å². The maximum atomic E-state index is 14.7. The Morgan fingerprint density at radius 3 is 2.45 bits per heavy atom. The smallest absolute Gasteiger partial charge is 0.255 e. The lowest BCUT2D eigenvalue weighted by molar-refractivity contribution is 0.0676. The molecule has 152 valence electrons. The van der Waals surface area contributed by atoms with Gasteiger partial charge in [-0.25, -0.2) is 8.78 Å². The number of carbonyl (C=O) groups excluding carboxylic acids is 1. The average Bonchev–Trinajstić information content (AvgIpc) is 3.14. The van der Waals surface area contributed by atoms with Crippen LogP contribution >= 0.6 is 11.5 Å². The molecule has 0 spiro atoms. The molecule has 2 atom stereocenters. The van der Waals surface area contributed by atoms with Crippen LogP contribution in [0.3, 0.4) is 0 Å². The van der Waals surface area contributed by atoms with E-state index in [4.69, 9.17) is 4.74 Å². The maximum absolute atomic E-state index is 14.7. The van der Waals surface area contributed by atoms with Gasteiger partial charge in [-0.3, -0.25) is 4.79 Å². The number of nitrogens with zero attached hydrogens (tertiary/aromatic N) is 2. The molecule has 0 aliphatic carbocycles. The van der Waals surface area contributed by atoms with Crippen LogP contribution in [0.25, 0.3) is 21.2 Å². The first-order valence-electron chi connectivity index (χ1n) is 9.34. The van der Waals surface area contributed by atoms with E-state index in [0.717, 1.165) is 12.1 Å². The topological polar surface area (TPSA) is 54.5 Å². The lowest BCUT2D eigenvalue weighted by Crippen LogP contribution is -2.55. The number of carbonyl (C=O) groups is 1. The number of halogens is 2. The number of rotatable bonds is 3. The van der Waals surface area contributed by atoms with Crippen molar-refractivity contribution in [2.24, 2.45) is 0 Å². The molecule has 0 bridgehead atoms. The largest absolute Gasteiger partial charge is 0.497 e. The van der Waals surface area contributed by atoms with Gasteiger partial charge in [0, 0.05) is 48.9 Å². The van der Waals surface area contributed by atoms with Gasteiger partial charge in [0.2, 0.25) is 0 Å². The zero-order chi connectivity index (χ0) is 20.7. The number of hydrogen-bond donors (Lipinski definition) is 1. The van der Waals surface area contributed by atoms with E-state index in [-0.39, 0.29) is 29.3 Å². The molecule has 5 nitrogen and oxygen atoms in total. The predicted octanol–water partition coefficient (Wildman–Crippen LogP) is 4.07. The van der Waals surface area contributed by atoms with Crippen molar-refractivity contribution in [1.82, 2.24) is 14.6 Å². The Morgan fingerprint density at radius 2 is 1.83 bits per heavy atom. The summed E-state index contributed by atoms with van der Waals surface area (Å²) in [5.41, 5.74) is 0.529. The SMILES string of the molecule is COc1cc(F)c(-c2cc(C(=O)N3CC(C)N[C@@H](C)C3)c3sncc3c2)c(F)c1. The summed E-state index contributed by atoms with van der Waals surface area (Å²) in [6.07, 6.45) is 1.61. The molecular formula is C21H21F2N3O2S. The number of methoxy groups -OCH3 is 1. The summed E-state index contributed by atoms with van der Waals surface area (Å²) in [6, 6.07) is 5.82. The zero-order valence-electron chi connectivity index (χ0n) is 16.3. The summed E-state index contributed by atoms with van der Waals surface area (Å²) >= 11 is 1.21. The zero-order valence-corrected chi connectivity index (χ0v) is 17.1. The Morgan fingerprint density at radius 1 is 1.17 bits per heavy atom. The normalized spacial score (nSPS) is 19.6. The third kappa shape index (κ3) is 3.70. The van der Waals surface area contributed by atoms with Crippen LogP contribution in [-0.4, -0.2) is 47.5 Å². The van der Waals surface area contributed by atoms with Gasteiger partial charge in [-0.05, 0) is 43.1 Å². The first kappa shape index (κ1) is 19.7. The van der Waals surface area contributed by atoms with Gasteiger partial charge in [0.25, 0.3) is 5.91 Å². The summed E-state index contributed by atoms with van der Waals surface area (Å²) in [5.74, 6) is -1.54. The fourth-order valence-electron chi connectivity index (χ4n) is 3.89. The first-order valence-corrected chi connectivity index (χ1v) is 10.1. The van der Waals surface area contributed by atoms with Gasteiger partial charge >= 0.3 is 0 Å². The second-order valence-electron chi connectivity index (χ2n) is 7.41. The van der Waals surface area contributed by atoms with E-state index in [9.17, 15) is 13.6 Å². The molecule has 2 aromatic carbocycles. The van der Waals surface area contributed by atoms with Gasteiger partial charge in [-0.2, -0.15) is 4.37 Å². The monoisotopic (exact) mass is 417 g/mol. The van der Waals surface area contributed by atoms with Gasteiger partial charge in [-0.15, -0.1) is 0 Å². The second kappa shape index (κ2) is 7.68. The molecule has 1 aliphatic heterocycles. The van der Waals surface area contributed by atoms with E-state index in [1.54, 1.807) is 23.2 Å². The summed E-state index contributed by atoms with van der Waals surface area (Å²) < 4.78 is 39.1. The fraction of sp³-hybridized carbons (Fsp3) is 0.333. The minimum atomic E-state index is -0.743. The number of aromatic nitrogens is 1. The molecule has 4 rings (SSSR count). The number of piperazine rings is 1. The van der Waals surface area contributed by atoms with Crippen LogP contribution < -0.4 is 10.1 Å². The lowest BCUT2D eigenvalue weighted by atomic mass is 9.99. The Bertz CT molecular complexity index is 1050. The number of ether oxygens (including phenoxy) is 1. The van der Waals surface area contributed by atoms with Gasteiger partial charge in [-0.1, -0.05) is 0 Å². The van der Waals surface area contributed by atoms with E-state index in [2.05, 4.69) is 9.69 Å². The van der Waals surface area contributed by atoms with Crippen LogP contribution in [0.1, 0.15) is 24.2 Å². The molecule has 1 amide bonds. The van der Waals surface area contributed by atoms with Crippen molar-refractivity contribution in [1.29, 1.82) is 0 Å². The highest BCUT2D eigenvalue weighted by atomic mass is 32.1. The Hall–Kier alpha value is -2.58. The lowest BCUT2D eigenvalue weighted by Gasteiger charge is -2.36.